The predicted octanol–water partition coefficient (Wildman–Crippen LogP) is 1.65. The number of hydrogen-bond donors (Lipinski definition) is 3. The fourth-order valence-corrected chi connectivity index (χ4v) is 3.06. The molecule has 0 aliphatic carbocycles. The summed E-state index contributed by atoms with van der Waals surface area (Å²) in [5.74, 6) is -0.291. The van der Waals surface area contributed by atoms with Gasteiger partial charge in [-0.05, 0) is 57.2 Å². The van der Waals surface area contributed by atoms with Crippen LogP contribution in [0, 0.1) is 5.92 Å². The van der Waals surface area contributed by atoms with Gasteiger partial charge in [0.1, 0.15) is 5.75 Å². The number of methoxy groups -OCH3 is 1. The molecular formula is C21H32N4O4. The Kier molecular flexibility index (Phi) is 7.87. The van der Waals surface area contributed by atoms with Gasteiger partial charge >= 0.3 is 17.8 Å². The van der Waals surface area contributed by atoms with E-state index in [0.717, 1.165) is 24.2 Å². The fourth-order valence-electron chi connectivity index (χ4n) is 3.06. The Morgan fingerprint density at radius 3 is 2.17 bits per heavy atom. The molecule has 1 heterocycles. The Hall–Kier alpha value is -2.77. The van der Waals surface area contributed by atoms with Crippen LogP contribution in [0.5, 0.6) is 5.75 Å². The molecule has 0 radical (unpaired) electrons. The van der Waals surface area contributed by atoms with Crippen LogP contribution in [0.15, 0.2) is 24.3 Å². The molecule has 1 aromatic rings. The van der Waals surface area contributed by atoms with Crippen LogP contribution in [0.3, 0.4) is 0 Å². The first-order valence-electron chi connectivity index (χ1n) is 9.94. The minimum Gasteiger partial charge on any atom is -0.497 e. The van der Waals surface area contributed by atoms with Gasteiger partial charge in [0, 0.05) is 31.7 Å². The predicted molar refractivity (Wildman–Crippen MR) is 110 cm³/mol. The molecule has 4 amide bonds. The summed E-state index contributed by atoms with van der Waals surface area (Å²) < 4.78 is 5.09. The van der Waals surface area contributed by atoms with Crippen LogP contribution in [0.2, 0.25) is 0 Å². The van der Waals surface area contributed by atoms with E-state index in [9.17, 15) is 14.4 Å². The summed E-state index contributed by atoms with van der Waals surface area (Å²) in [6.07, 6.45) is 1.59. The van der Waals surface area contributed by atoms with Crippen molar-refractivity contribution in [1.29, 1.82) is 0 Å². The number of nitrogens with one attached hydrogen (secondary N) is 3. The SMILES string of the molecule is COc1ccc(CNC(=O)C(=O)NCC2CCN(C(=O)NC(C)(C)C)CC2)cc1. The molecule has 0 saturated carbocycles. The highest BCUT2D eigenvalue weighted by atomic mass is 16.5. The Balaban J connectivity index is 1.67. The van der Waals surface area contributed by atoms with E-state index in [-0.39, 0.29) is 24.0 Å². The molecule has 0 spiro atoms. The summed E-state index contributed by atoms with van der Waals surface area (Å²) >= 11 is 0. The van der Waals surface area contributed by atoms with E-state index < -0.39 is 11.8 Å². The number of hydrogen-bond acceptors (Lipinski definition) is 4. The monoisotopic (exact) mass is 404 g/mol. The van der Waals surface area contributed by atoms with Gasteiger partial charge in [-0.25, -0.2) is 4.79 Å². The van der Waals surface area contributed by atoms with E-state index in [1.807, 2.05) is 32.9 Å². The van der Waals surface area contributed by atoms with Gasteiger partial charge in [0.2, 0.25) is 0 Å². The average Bonchev–Trinajstić information content (AvgIpc) is 2.69. The molecule has 1 saturated heterocycles. The van der Waals surface area contributed by atoms with Crippen molar-refractivity contribution in [2.45, 2.75) is 45.7 Å². The van der Waals surface area contributed by atoms with Gasteiger partial charge in [-0.2, -0.15) is 0 Å². The van der Waals surface area contributed by atoms with Crippen molar-refractivity contribution in [2.75, 3.05) is 26.7 Å². The van der Waals surface area contributed by atoms with Crippen molar-refractivity contribution in [3.05, 3.63) is 29.8 Å². The van der Waals surface area contributed by atoms with Crippen molar-refractivity contribution in [3.8, 4) is 5.75 Å². The lowest BCUT2D eigenvalue weighted by molar-refractivity contribution is -0.139. The summed E-state index contributed by atoms with van der Waals surface area (Å²) in [7, 11) is 1.59. The molecule has 0 aromatic heterocycles. The number of carbonyl (C=O) groups excluding carboxylic acids is 3. The van der Waals surface area contributed by atoms with Crippen LogP contribution in [-0.2, 0) is 16.1 Å². The molecule has 29 heavy (non-hydrogen) atoms. The number of nitrogens with zero attached hydrogens (tertiary/aromatic N) is 1. The number of urea groups is 1. The van der Waals surface area contributed by atoms with Crippen molar-refractivity contribution >= 4 is 17.8 Å². The number of amides is 4. The molecule has 1 aliphatic rings. The maximum atomic E-state index is 12.2. The third-order valence-electron chi connectivity index (χ3n) is 4.75. The minimum atomic E-state index is -0.650. The summed E-state index contributed by atoms with van der Waals surface area (Å²) in [6.45, 7) is 7.85. The second kappa shape index (κ2) is 10.1. The Labute approximate surface area is 172 Å². The maximum Gasteiger partial charge on any atom is 0.317 e. The second-order valence-corrected chi connectivity index (χ2v) is 8.35. The summed E-state index contributed by atoms with van der Waals surface area (Å²) in [5, 5.41) is 8.27. The molecular weight excluding hydrogens is 372 g/mol. The maximum absolute atomic E-state index is 12.2. The molecule has 2 rings (SSSR count). The molecule has 8 heteroatoms. The van der Waals surface area contributed by atoms with Gasteiger partial charge in [0.25, 0.3) is 0 Å². The molecule has 3 N–H and O–H groups in total. The van der Waals surface area contributed by atoms with Gasteiger partial charge in [0.05, 0.1) is 7.11 Å². The van der Waals surface area contributed by atoms with Crippen LogP contribution >= 0.6 is 0 Å². The van der Waals surface area contributed by atoms with Crippen molar-refractivity contribution < 1.29 is 19.1 Å². The highest BCUT2D eigenvalue weighted by Gasteiger charge is 2.25. The highest BCUT2D eigenvalue weighted by molar-refractivity contribution is 6.35. The largest absolute Gasteiger partial charge is 0.497 e. The van der Waals surface area contributed by atoms with Crippen LogP contribution in [-0.4, -0.2) is 55.0 Å². The van der Waals surface area contributed by atoms with E-state index in [4.69, 9.17) is 4.74 Å². The minimum absolute atomic E-state index is 0.0575. The van der Waals surface area contributed by atoms with Gasteiger partial charge < -0.3 is 25.6 Å². The smallest absolute Gasteiger partial charge is 0.317 e. The summed E-state index contributed by atoms with van der Waals surface area (Å²) in [6, 6.07) is 7.21. The molecule has 0 unspecified atom stereocenters. The zero-order valence-electron chi connectivity index (χ0n) is 17.7. The first kappa shape index (κ1) is 22.5. The second-order valence-electron chi connectivity index (χ2n) is 8.35. The molecule has 160 valence electrons. The third kappa shape index (κ3) is 7.63. The molecule has 1 aromatic carbocycles. The fraction of sp³-hybridized carbons (Fsp3) is 0.571. The molecule has 0 atom stereocenters. The Morgan fingerprint density at radius 2 is 1.62 bits per heavy atom. The number of likely N-dealkylation sites (tertiary alicyclic amines) is 1. The third-order valence-corrected chi connectivity index (χ3v) is 4.75. The van der Waals surface area contributed by atoms with Crippen molar-refractivity contribution in [1.82, 2.24) is 20.9 Å². The van der Waals surface area contributed by atoms with E-state index >= 15 is 0 Å². The standard InChI is InChI=1S/C21H32N4O4/c1-21(2,3)24-20(28)25-11-9-16(10-12-25)14-23-19(27)18(26)22-13-15-5-7-17(29-4)8-6-15/h5-8,16H,9-14H2,1-4H3,(H,22,26)(H,23,27)(H,24,28). The number of benzene rings is 1. The number of rotatable bonds is 5. The average molecular weight is 405 g/mol. The molecule has 0 bridgehead atoms. The highest BCUT2D eigenvalue weighted by Crippen LogP contribution is 2.17. The summed E-state index contributed by atoms with van der Waals surface area (Å²) in [4.78, 5) is 38.0. The van der Waals surface area contributed by atoms with Crippen molar-refractivity contribution in [3.63, 3.8) is 0 Å². The van der Waals surface area contributed by atoms with E-state index in [2.05, 4.69) is 16.0 Å². The van der Waals surface area contributed by atoms with Crippen molar-refractivity contribution in [2.24, 2.45) is 5.92 Å². The van der Waals surface area contributed by atoms with Crippen LogP contribution in [0.25, 0.3) is 0 Å². The molecule has 8 nitrogen and oxygen atoms in total. The first-order chi connectivity index (χ1) is 13.7. The quantitative estimate of drug-likeness (QED) is 0.650. The van der Waals surface area contributed by atoms with Gasteiger partial charge in [-0.15, -0.1) is 0 Å². The van der Waals surface area contributed by atoms with Crippen LogP contribution < -0.4 is 20.7 Å². The number of carbonyl (C=O) groups is 3. The van der Waals surface area contributed by atoms with E-state index in [0.29, 0.717) is 19.6 Å². The Bertz CT molecular complexity index is 704. The van der Waals surface area contributed by atoms with Gasteiger partial charge in [0.15, 0.2) is 0 Å². The zero-order valence-corrected chi connectivity index (χ0v) is 17.7. The lowest BCUT2D eigenvalue weighted by atomic mass is 9.97. The van der Waals surface area contributed by atoms with Gasteiger partial charge in [-0.1, -0.05) is 12.1 Å². The number of piperidine rings is 1. The lowest BCUT2D eigenvalue weighted by Crippen LogP contribution is -2.51. The lowest BCUT2D eigenvalue weighted by Gasteiger charge is -2.34. The van der Waals surface area contributed by atoms with Gasteiger partial charge in [-0.3, -0.25) is 9.59 Å². The Morgan fingerprint density at radius 1 is 1.03 bits per heavy atom. The molecule has 1 aliphatic heterocycles. The molecule has 1 fully saturated rings. The topological polar surface area (TPSA) is 99.8 Å². The summed E-state index contributed by atoms with van der Waals surface area (Å²) in [5.41, 5.74) is 0.619. The van der Waals surface area contributed by atoms with Crippen LogP contribution in [0.1, 0.15) is 39.2 Å². The van der Waals surface area contributed by atoms with Crippen LogP contribution in [0.4, 0.5) is 4.79 Å². The number of ether oxygens (including phenoxy) is 1. The first-order valence-corrected chi connectivity index (χ1v) is 9.94. The van der Waals surface area contributed by atoms with E-state index in [1.54, 1.807) is 24.1 Å². The van der Waals surface area contributed by atoms with E-state index in [1.165, 1.54) is 0 Å². The zero-order chi connectivity index (χ0) is 21.4. The normalized spacial score (nSPS) is 14.8.